The highest BCUT2D eigenvalue weighted by Crippen LogP contribution is 2.29. The van der Waals surface area contributed by atoms with Crippen LogP contribution in [0.15, 0.2) is 30.3 Å². The molecule has 1 saturated carbocycles. The van der Waals surface area contributed by atoms with Crippen LogP contribution in [0.3, 0.4) is 0 Å². The summed E-state index contributed by atoms with van der Waals surface area (Å²) >= 11 is 0. The fourth-order valence-corrected chi connectivity index (χ4v) is 2.67. The monoisotopic (exact) mass is 232 g/mol. The Morgan fingerprint density at radius 1 is 1.06 bits per heavy atom. The molecule has 0 unspecified atom stereocenters. The lowest BCUT2D eigenvalue weighted by Gasteiger charge is -2.44. The first-order chi connectivity index (χ1) is 8.42. The van der Waals surface area contributed by atoms with Gasteiger partial charge < -0.3 is 10.1 Å². The summed E-state index contributed by atoms with van der Waals surface area (Å²) in [7, 11) is 0. The topological polar surface area (TPSA) is 24.5 Å². The van der Waals surface area contributed by atoms with Crippen LogP contribution in [0.25, 0.3) is 0 Å². The molecule has 3 nitrogen and oxygen atoms in total. The van der Waals surface area contributed by atoms with Gasteiger partial charge in [0, 0.05) is 45.1 Å². The molecule has 0 aromatic heterocycles. The molecule has 1 aliphatic carbocycles. The normalized spacial score (nSPS) is 29.6. The van der Waals surface area contributed by atoms with Crippen LogP contribution in [0.4, 0.5) is 0 Å². The average molecular weight is 232 g/mol. The van der Waals surface area contributed by atoms with Crippen LogP contribution < -0.4 is 10.1 Å². The second-order valence-electron chi connectivity index (χ2n) is 4.96. The van der Waals surface area contributed by atoms with E-state index in [-0.39, 0.29) is 0 Å². The van der Waals surface area contributed by atoms with E-state index in [1.165, 1.54) is 25.9 Å². The number of ether oxygens (including phenoxy) is 1. The van der Waals surface area contributed by atoms with Gasteiger partial charge in [-0.25, -0.2) is 0 Å². The molecule has 92 valence electrons. The number of nitrogens with one attached hydrogen (secondary N) is 1. The number of rotatable bonds is 3. The van der Waals surface area contributed by atoms with E-state index in [0.29, 0.717) is 6.10 Å². The summed E-state index contributed by atoms with van der Waals surface area (Å²) in [4.78, 5) is 2.60. The quantitative estimate of drug-likeness (QED) is 0.855. The number of nitrogens with zero attached hydrogens (tertiary/aromatic N) is 1. The predicted molar refractivity (Wildman–Crippen MR) is 68.3 cm³/mol. The summed E-state index contributed by atoms with van der Waals surface area (Å²) in [5.41, 5.74) is 0. The van der Waals surface area contributed by atoms with E-state index >= 15 is 0 Å². The van der Waals surface area contributed by atoms with Crippen LogP contribution in [0.1, 0.15) is 12.8 Å². The zero-order chi connectivity index (χ0) is 11.5. The van der Waals surface area contributed by atoms with Crippen molar-refractivity contribution in [3.05, 3.63) is 30.3 Å². The molecule has 2 fully saturated rings. The van der Waals surface area contributed by atoms with Crippen molar-refractivity contribution >= 4 is 0 Å². The number of piperazine rings is 1. The Balaban J connectivity index is 1.45. The van der Waals surface area contributed by atoms with E-state index in [0.717, 1.165) is 24.9 Å². The van der Waals surface area contributed by atoms with Gasteiger partial charge >= 0.3 is 0 Å². The molecule has 1 N–H and O–H groups in total. The van der Waals surface area contributed by atoms with Crippen molar-refractivity contribution in [3.63, 3.8) is 0 Å². The first-order valence-corrected chi connectivity index (χ1v) is 6.58. The number of benzene rings is 1. The summed E-state index contributed by atoms with van der Waals surface area (Å²) in [6.07, 6.45) is 2.81. The zero-order valence-electron chi connectivity index (χ0n) is 10.1. The maximum Gasteiger partial charge on any atom is 0.119 e. The van der Waals surface area contributed by atoms with Crippen molar-refractivity contribution in [2.45, 2.75) is 25.0 Å². The fraction of sp³-hybridized carbons (Fsp3) is 0.571. The summed E-state index contributed by atoms with van der Waals surface area (Å²) in [5, 5.41) is 3.40. The second-order valence-corrected chi connectivity index (χ2v) is 4.96. The summed E-state index contributed by atoms with van der Waals surface area (Å²) in [5.74, 6) is 1.01. The molecule has 2 aliphatic rings. The van der Waals surface area contributed by atoms with Gasteiger partial charge in [0.2, 0.25) is 0 Å². The molecule has 17 heavy (non-hydrogen) atoms. The van der Waals surface area contributed by atoms with Gasteiger partial charge in [0.15, 0.2) is 0 Å². The third-order valence-corrected chi connectivity index (χ3v) is 3.78. The standard InChI is InChI=1S/C14H20N2O/c1-2-4-13(5-3-1)17-14-10-12(11-14)16-8-6-15-7-9-16/h1-5,12,14-15H,6-11H2. The molecular weight excluding hydrogens is 212 g/mol. The maximum atomic E-state index is 5.93. The maximum absolute atomic E-state index is 5.93. The summed E-state index contributed by atoms with van der Waals surface area (Å²) in [6.45, 7) is 4.67. The highest BCUT2D eigenvalue weighted by atomic mass is 16.5. The second kappa shape index (κ2) is 5.07. The van der Waals surface area contributed by atoms with Crippen molar-refractivity contribution in [1.82, 2.24) is 10.2 Å². The van der Waals surface area contributed by atoms with Crippen molar-refractivity contribution in [3.8, 4) is 5.75 Å². The Morgan fingerprint density at radius 2 is 1.76 bits per heavy atom. The third-order valence-electron chi connectivity index (χ3n) is 3.78. The average Bonchev–Trinajstić information content (AvgIpc) is 2.36. The van der Waals surface area contributed by atoms with E-state index in [4.69, 9.17) is 4.74 Å². The Hall–Kier alpha value is -1.06. The van der Waals surface area contributed by atoms with E-state index < -0.39 is 0 Å². The third kappa shape index (κ3) is 2.61. The molecule has 1 saturated heterocycles. The van der Waals surface area contributed by atoms with Crippen LogP contribution in [0.2, 0.25) is 0 Å². The van der Waals surface area contributed by atoms with Crippen molar-refractivity contribution in [1.29, 1.82) is 0 Å². The van der Waals surface area contributed by atoms with Crippen LogP contribution in [0.5, 0.6) is 5.75 Å². The van der Waals surface area contributed by atoms with Gasteiger partial charge in [-0.1, -0.05) is 18.2 Å². The summed E-state index contributed by atoms with van der Waals surface area (Å²) < 4.78 is 5.93. The first kappa shape index (κ1) is 11.1. The minimum Gasteiger partial charge on any atom is -0.490 e. The smallest absolute Gasteiger partial charge is 0.119 e. The lowest BCUT2D eigenvalue weighted by atomic mass is 9.87. The van der Waals surface area contributed by atoms with E-state index in [1.807, 2.05) is 30.3 Å². The van der Waals surface area contributed by atoms with Gasteiger partial charge in [0.25, 0.3) is 0 Å². The molecule has 3 rings (SSSR count). The van der Waals surface area contributed by atoms with Gasteiger partial charge in [0.1, 0.15) is 11.9 Å². The van der Waals surface area contributed by atoms with Gasteiger partial charge in [-0.15, -0.1) is 0 Å². The lowest BCUT2D eigenvalue weighted by molar-refractivity contribution is 0.0120. The van der Waals surface area contributed by atoms with E-state index in [9.17, 15) is 0 Å². The molecule has 1 aromatic carbocycles. The Labute approximate surface area is 103 Å². The highest BCUT2D eigenvalue weighted by molar-refractivity contribution is 5.21. The minimum atomic E-state index is 0.428. The molecule has 0 bridgehead atoms. The van der Waals surface area contributed by atoms with Gasteiger partial charge in [0.05, 0.1) is 0 Å². The van der Waals surface area contributed by atoms with Crippen molar-refractivity contribution in [2.75, 3.05) is 26.2 Å². The Morgan fingerprint density at radius 3 is 2.47 bits per heavy atom. The zero-order valence-corrected chi connectivity index (χ0v) is 10.1. The molecular formula is C14H20N2O. The molecule has 0 amide bonds. The molecule has 0 spiro atoms. The van der Waals surface area contributed by atoms with Crippen molar-refractivity contribution in [2.24, 2.45) is 0 Å². The minimum absolute atomic E-state index is 0.428. The molecule has 0 atom stereocenters. The largest absolute Gasteiger partial charge is 0.490 e. The van der Waals surface area contributed by atoms with Crippen LogP contribution >= 0.6 is 0 Å². The molecule has 0 radical (unpaired) electrons. The fourth-order valence-electron chi connectivity index (χ4n) is 2.67. The number of para-hydroxylation sites is 1. The van der Waals surface area contributed by atoms with Gasteiger partial charge in [-0.3, -0.25) is 4.90 Å². The number of hydrogen-bond donors (Lipinski definition) is 1. The predicted octanol–water partition coefficient (Wildman–Crippen LogP) is 1.50. The van der Waals surface area contributed by atoms with Crippen LogP contribution in [0, 0.1) is 0 Å². The molecule has 3 heteroatoms. The SMILES string of the molecule is c1ccc(OC2CC(N3CCNCC3)C2)cc1. The molecule has 1 aliphatic heterocycles. The van der Waals surface area contributed by atoms with Crippen LogP contribution in [-0.2, 0) is 0 Å². The number of hydrogen-bond acceptors (Lipinski definition) is 3. The first-order valence-electron chi connectivity index (χ1n) is 6.58. The molecule has 1 aromatic rings. The van der Waals surface area contributed by atoms with E-state index in [2.05, 4.69) is 10.2 Å². The lowest BCUT2D eigenvalue weighted by Crippen LogP contribution is -2.55. The van der Waals surface area contributed by atoms with Crippen LogP contribution in [-0.4, -0.2) is 43.2 Å². The van der Waals surface area contributed by atoms with E-state index in [1.54, 1.807) is 0 Å². The Kier molecular flexibility index (Phi) is 3.29. The highest BCUT2D eigenvalue weighted by Gasteiger charge is 2.35. The summed E-state index contributed by atoms with van der Waals surface area (Å²) in [6, 6.07) is 10.9. The van der Waals surface area contributed by atoms with Crippen molar-refractivity contribution < 1.29 is 4.74 Å². The van der Waals surface area contributed by atoms with Gasteiger partial charge in [-0.2, -0.15) is 0 Å². The van der Waals surface area contributed by atoms with Gasteiger partial charge in [-0.05, 0) is 12.1 Å². The Bertz CT molecular complexity index is 342. The molecule has 1 heterocycles.